The van der Waals surface area contributed by atoms with Gasteiger partial charge in [-0.15, -0.1) is 12.4 Å². The molecule has 0 radical (unpaired) electrons. The smallest absolute Gasteiger partial charge is 0.289 e. The third kappa shape index (κ3) is 4.50. The molecular formula is C15H23ClN4O5S. The Morgan fingerprint density at radius 1 is 1.19 bits per heavy atom. The van der Waals surface area contributed by atoms with Gasteiger partial charge in [-0.3, -0.25) is 14.9 Å². The van der Waals surface area contributed by atoms with Gasteiger partial charge in [0.25, 0.3) is 5.69 Å². The molecule has 9 nitrogen and oxygen atoms in total. The lowest BCUT2D eigenvalue weighted by Crippen LogP contribution is -2.53. The van der Waals surface area contributed by atoms with E-state index in [2.05, 4.69) is 0 Å². The van der Waals surface area contributed by atoms with Gasteiger partial charge in [0.1, 0.15) is 0 Å². The molecule has 2 N–H and O–H groups in total. The van der Waals surface area contributed by atoms with Crippen LogP contribution in [0, 0.1) is 16.0 Å². The van der Waals surface area contributed by atoms with E-state index < -0.39 is 20.6 Å². The number of carbonyl (C=O) groups is 1. The molecular weight excluding hydrogens is 384 g/mol. The zero-order chi connectivity index (χ0) is 18.8. The van der Waals surface area contributed by atoms with Crippen LogP contribution in [0.3, 0.4) is 0 Å². The van der Waals surface area contributed by atoms with Crippen LogP contribution < -0.4 is 5.73 Å². The van der Waals surface area contributed by atoms with Crippen molar-refractivity contribution >= 4 is 34.0 Å². The molecule has 2 rings (SSSR count). The molecule has 2 unspecified atom stereocenters. The zero-order valence-corrected chi connectivity index (χ0v) is 16.2. The third-order valence-corrected chi connectivity index (χ3v) is 6.35. The Kier molecular flexibility index (Phi) is 7.51. The summed E-state index contributed by atoms with van der Waals surface area (Å²) in [6.07, 6.45) is 0. The summed E-state index contributed by atoms with van der Waals surface area (Å²) in [5.41, 5.74) is 5.29. The van der Waals surface area contributed by atoms with Gasteiger partial charge in [-0.2, -0.15) is 4.31 Å². The monoisotopic (exact) mass is 406 g/mol. The maximum absolute atomic E-state index is 12.7. The highest BCUT2D eigenvalue weighted by molar-refractivity contribution is 7.89. The van der Waals surface area contributed by atoms with Crippen LogP contribution in [0.25, 0.3) is 0 Å². The molecule has 1 fully saturated rings. The predicted molar refractivity (Wildman–Crippen MR) is 98.5 cm³/mol. The van der Waals surface area contributed by atoms with Gasteiger partial charge in [0.15, 0.2) is 4.90 Å². The number of nitrogens with zero attached hydrogens (tertiary/aromatic N) is 3. The standard InChI is InChI=1S/C15H22N4O5S.ClH/c1-11(12(2)16)15(20)17-7-9-18(10-8-17)25(23,24)14-6-4-3-5-13(14)19(21)22;/h3-6,11-12H,7-10,16H2,1-2H3;1H. The Morgan fingerprint density at radius 3 is 2.23 bits per heavy atom. The number of nitro groups is 1. The fourth-order valence-corrected chi connectivity index (χ4v) is 4.21. The summed E-state index contributed by atoms with van der Waals surface area (Å²) in [5.74, 6) is -0.462. The topological polar surface area (TPSA) is 127 Å². The van der Waals surface area contributed by atoms with Gasteiger partial charge in [-0.25, -0.2) is 8.42 Å². The lowest BCUT2D eigenvalue weighted by Gasteiger charge is -2.35. The number of piperazine rings is 1. The van der Waals surface area contributed by atoms with Crippen LogP contribution in [-0.4, -0.2) is 60.7 Å². The summed E-state index contributed by atoms with van der Waals surface area (Å²) in [6, 6.07) is 4.97. The van der Waals surface area contributed by atoms with Gasteiger partial charge in [-0.1, -0.05) is 19.1 Å². The maximum atomic E-state index is 12.7. The fourth-order valence-electron chi connectivity index (χ4n) is 2.63. The number of hydrogen-bond donors (Lipinski definition) is 1. The first-order chi connectivity index (χ1) is 11.7. The summed E-state index contributed by atoms with van der Waals surface area (Å²) in [4.78, 5) is 23.9. The number of sulfonamides is 1. The van der Waals surface area contributed by atoms with Gasteiger partial charge in [0.05, 0.1) is 10.8 Å². The first-order valence-electron chi connectivity index (χ1n) is 7.94. The average molecular weight is 407 g/mol. The van der Waals surface area contributed by atoms with Crippen molar-refractivity contribution in [2.75, 3.05) is 26.2 Å². The second-order valence-electron chi connectivity index (χ2n) is 6.10. The SMILES string of the molecule is CC(N)C(C)C(=O)N1CCN(S(=O)(=O)c2ccccc2[N+](=O)[O-])CC1.Cl. The number of nitro benzene ring substituents is 1. The molecule has 11 heteroatoms. The lowest BCUT2D eigenvalue weighted by atomic mass is 10.0. The Bertz CT molecular complexity index is 763. The minimum absolute atomic E-state index is 0. The van der Waals surface area contributed by atoms with Crippen LogP contribution >= 0.6 is 12.4 Å². The first kappa shape index (κ1) is 22.3. The average Bonchev–Trinajstić information content (AvgIpc) is 2.60. The minimum atomic E-state index is -3.99. The molecule has 0 aromatic heterocycles. The summed E-state index contributed by atoms with van der Waals surface area (Å²) < 4.78 is 26.6. The van der Waals surface area contributed by atoms with Gasteiger partial charge in [0.2, 0.25) is 15.9 Å². The predicted octanol–water partition coefficient (Wildman–Crippen LogP) is 0.833. The molecule has 146 valence electrons. The molecule has 26 heavy (non-hydrogen) atoms. The van der Waals surface area contributed by atoms with E-state index in [-0.39, 0.29) is 61.3 Å². The van der Waals surface area contributed by atoms with Crippen LogP contribution in [0.1, 0.15) is 13.8 Å². The van der Waals surface area contributed by atoms with Crippen LogP contribution in [0.4, 0.5) is 5.69 Å². The number of carbonyl (C=O) groups excluding carboxylic acids is 1. The zero-order valence-electron chi connectivity index (χ0n) is 14.6. The quantitative estimate of drug-likeness (QED) is 0.570. The molecule has 0 aliphatic carbocycles. The van der Waals surface area contributed by atoms with Crippen LogP contribution in [0.5, 0.6) is 0 Å². The van der Waals surface area contributed by atoms with E-state index >= 15 is 0 Å². The maximum Gasteiger partial charge on any atom is 0.289 e. The Labute approximate surface area is 158 Å². The van der Waals surface area contributed by atoms with Crippen LogP contribution in [0.15, 0.2) is 29.2 Å². The van der Waals surface area contributed by atoms with Crippen LogP contribution in [-0.2, 0) is 14.8 Å². The van der Waals surface area contributed by atoms with Gasteiger partial charge < -0.3 is 10.6 Å². The third-order valence-electron chi connectivity index (χ3n) is 4.41. The molecule has 0 saturated carbocycles. The van der Waals surface area contributed by atoms with E-state index in [4.69, 9.17) is 5.73 Å². The van der Waals surface area contributed by atoms with Crippen molar-refractivity contribution in [1.29, 1.82) is 0 Å². The van der Waals surface area contributed by atoms with E-state index in [1.807, 2.05) is 0 Å². The number of para-hydroxylation sites is 1. The fraction of sp³-hybridized carbons (Fsp3) is 0.533. The molecule has 1 amide bonds. The highest BCUT2D eigenvalue weighted by atomic mass is 35.5. The molecule has 1 aliphatic rings. The number of hydrogen-bond acceptors (Lipinski definition) is 6. The van der Waals surface area contributed by atoms with E-state index in [1.165, 1.54) is 22.5 Å². The second-order valence-corrected chi connectivity index (χ2v) is 8.01. The van der Waals surface area contributed by atoms with E-state index in [0.29, 0.717) is 0 Å². The molecule has 1 aliphatic heterocycles. The highest BCUT2D eigenvalue weighted by Crippen LogP contribution is 2.27. The van der Waals surface area contributed by atoms with Gasteiger partial charge in [-0.05, 0) is 13.0 Å². The molecule has 1 aromatic carbocycles. The largest absolute Gasteiger partial charge is 0.340 e. The number of benzene rings is 1. The van der Waals surface area contributed by atoms with Crippen molar-refractivity contribution in [3.8, 4) is 0 Å². The number of nitrogens with two attached hydrogens (primary N) is 1. The summed E-state index contributed by atoms with van der Waals surface area (Å²) in [5, 5.41) is 11.1. The van der Waals surface area contributed by atoms with Gasteiger partial charge in [0, 0.05) is 38.3 Å². The van der Waals surface area contributed by atoms with Crippen molar-refractivity contribution in [2.45, 2.75) is 24.8 Å². The normalized spacial score (nSPS) is 17.9. The summed E-state index contributed by atoms with van der Waals surface area (Å²) in [7, 11) is -3.99. The van der Waals surface area contributed by atoms with Crippen LogP contribution in [0.2, 0.25) is 0 Å². The Balaban J connectivity index is 0.00000338. The lowest BCUT2D eigenvalue weighted by molar-refractivity contribution is -0.387. The molecule has 0 spiro atoms. The molecule has 1 saturated heterocycles. The first-order valence-corrected chi connectivity index (χ1v) is 9.38. The van der Waals surface area contributed by atoms with Gasteiger partial charge >= 0.3 is 0 Å². The Hall–Kier alpha value is -1.75. The molecule has 2 atom stereocenters. The van der Waals surface area contributed by atoms with E-state index in [0.717, 1.165) is 6.07 Å². The van der Waals surface area contributed by atoms with Crippen molar-refractivity contribution < 1.29 is 18.1 Å². The molecule has 1 heterocycles. The number of halogens is 1. The van der Waals surface area contributed by atoms with Crippen molar-refractivity contribution in [3.63, 3.8) is 0 Å². The summed E-state index contributed by atoms with van der Waals surface area (Å²) in [6.45, 7) is 4.13. The minimum Gasteiger partial charge on any atom is -0.340 e. The molecule has 1 aromatic rings. The van der Waals surface area contributed by atoms with E-state index in [1.54, 1.807) is 18.7 Å². The Morgan fingerprint density at radius 2 is 1.73 bits per heavy atom. The highest BCUT2D eigenvalue weighted by Gasteiger charge is 2.35. The summed E-state index contributed by atoms with van der Waals surface area (Å²) >= 11 is 0. The van der Waals surface area contributed by atoms with Crippen molar-refractivity contribution in [3.05, 3.63) is 34.4 Å². The second kappa shape index (κ2) is 8.76. The molecule has 0 bridgehead atoms. The van der Waals surface area contributed by atoms with E-state index in [9.17, 15) is 23.3 Å². The number of rotatable bonds is 5. The van der Waals surface area contributed by atoms with Crippen molar-refractivity contribution in [1.82, 2.24) is 9.21 Å². The van der Waals surface area contributed by atoms with Crippen molar-refractivity contribution in [2.24, 2.45) is 11.7 Å². The number of amides is 1.